The van der Waals surface area contributed by atoms with E-state index in [0.717, 1.165) is 76.1 Å². The van der Waals surface area contributed by atoms with Crippen LogP contribution in [-0.2, 0) is 25.5 Å². The maximum absolute atomic E-state index is 14.1. The average molecular weight is 889 g/mol. The standard InChI is InChI=1S/C50H48N8O8/c1-63-49(61)55-42(29-11-5-3-6-12-29)47(59)57-22-9-15-38(57)45-51-27-36(53-45)31-18-20-40-35(25-31)33-21-24-65-41-26-32(17-19-34(41)44(33)66-40)37-28-52-46(54-37)39-16-10-23-58(39)48(60)43(56-50(62)64-2)30-13-7-4-8-14-30/h3-8,11-14,17-20,25-28,38-39,42-43H,9-10,15-16,21-24H2,1-2H3,(H,51,53)(H,52,54)(H,55,61)(H,56,62). The summed E-state index contributed by atoms with van der Waals surface area (Å²) in [6.45, 7) is 1.49. The Morgan fingerprint density at radius 2 is 1.23 bits per heavy atom. The van der Waals surface area contributed by atoms with Gasteiger partial charge in [-0.1, -0.05) is 66.7 Å². The predicted molar refractivity (Wildman–Crippen MR) is 243 cm³/mol. The zero-order chi connectivity index (χ0) is 45.3. The van der Waals surface area contributed by atoms with E-state index in [1.54, 1.807) is 22.2 Å². The average Bonchev–Trinajstić information content (AvgIpc) is 4.22. The molecule has 0 bridgehead atoms. The SMILES string of the molecule is COC(=O)NC(C(=O)N1CCCC1c1ncc(-c2ccc3c(c2)OCCc2c-3oc3ccc(-c4cnc(C5CCCN5C(=O)C(NC(=O)OC)c5ccccc5)[nH]4)cc23)[nH]1)c1ccccc1. The number of imidazole rings is 2. The minimum Gasteiger partial charge on any atom is -0.492 e. The number of benzene rings is 4. The predicted octanol–water partition coefficient (Wildman–Crippen LogP) is 8.34. The summed E-state index contributed by atoms with van der Waals surface area (Å²) in [5.41, 5.74) is 7.34. The van der Waals surface area contributed by atoms with Gasteiger partial charge in [-0.3, -0.25) is 9.59 Å². The number of aromatic nitrogens is 4. The molecule has 3 aromatic heterocycles. The van der Waals surface area contributed by atoms with Crippen LogP contribution >= 0.6 is 0 Å². The molecule has 0 spiro atoms. The molecule has 6 heterocycles. The van der Waals surface area contributed by atoms with Crippen LogP contribution in [0.5, 0.6) is 5.75 Å². The molecule has 16 nitrogen and oxygen atoms in total. The third kappa shape index (κ3) is 7.99. The van der Waals surface area contributed by atoms with E-state index >= 15 is 0 Å². The number of carbonyl (C=O) groups is 4. The first-order valence-electron chi connectivity index (χ1n) is 22.1. The van der Waals surface area contributed by atoms with E-state index in [1.807, 2.05) is 91.0 Å². The van der Waals surface area contributed by atoms with Gasteiger partial charge in [-0.05, 0) is 67.1 Å². The highest BCUT2D eigenvalue weighted by atomic mass is 16.5. The molecule has 4 atom stereocenters. The molecule has 0 saturated carbocycles. The quantitative estimate of drug-likeness (QED) is 0.104. The number of likely N-dealkylation sites (tertiary alicyclic amines) is 2. The first-order chi connectivity index (χ1) is 32.3. The Morgan fingerprint density at radius 3 is 1.77 bits per heavy atom. The maximum atomic E-state index is 14.1. The number of amides is 4. The van der Waals surface area contributed by atoms with Crippen molar-refractivity contribution < 1.29 is 37.8 Å². The number of aromatic amines is 2. The number of rotatable bonds is 10. The largest absolute Gasteiger partial charge is 0.492 e. The first-order valence-corrected chi connectivity index (χ1v) is 22.1. The summed E-state index contributed by atoms with van der Waals surface area (Å²) in [5, 5.41) is 6.41. The van der Waals surface area contributed by atoms with E-state index in [4.69, 9.17) is 28.6 Å². The summed E-state index contributed by atoms with van der Waals surface area (Å²) >= 11 is 0. The van der Waals surface area contributed by atoms with Gasteiger partial charge in [0.1, 0.15) is 40.8 Å². The number of hydrogen-bond donors (Lipinski definition) is 4. The van der Waals surface area contributed by atoms with E-state index in [1.165, 1.54) is 14.2 Å². The van der Waals surface area contributed by atoms with Crippen LogP contribution in [0.1, 0.15) is 78.2 Å². The van der Waals surface area contributed by atoms with Crippen molar-refractivity contribution in [2.45, 2.75) is 56.3 Å². The van der Waals surface area contributed by atoms with E-state index in [-0.39, 0.29) is 23.9 Å². The molecule has 66 heavy (non-hydrogen) atoms. The highest BCUT2D eigenvalue weighted by molar-refractivity contribution is 5.93. The third-order valence-electron chi connectivity index (χ3n) is 12.8. The molecule has 0 aliphatic carbocycles. The smallest absolute Gasteiger partial charge is 0.407 e. The van der Waals surface area contributed by atoms with Crippen LogP contribution in [0.25, 0.3) is 44.8 Å². The van der Waals surface area contributed by atoms with E-state index in [2.05, 4.69) is 26.7 Å². The lowest BCUT2D eigenvalue weighted by molar-refractivity contribution is -0.135. The Balaban J connectivity index is 0.875. The minimum atomic E-state index is -0.908. The molecule has 4 aromatic carbocycles. The van der Waals surface area contributed by atoms with Crippen LogP contribution in [-0.4, -0.2) is 87.7 Å². The van der Waals surface area contributed by atoms with Crippen LogP contribution in [0.15, 0.2) is 114 Å². The number of fused-ring (bicyclic) bond motifs is 5. The summed E-state index contributed by atoms with van der Waals surface area (Å²) in [7, 11) is 2.55. The van der Waals surface area contributed by atoms with E-state index in [9.17, 15) is 19.2 Å². The van der Waals surface area contributed by atoms with Crippen molar-refractivity contribution >= 4 is 35.0 Å². The lowest BCUT2D eigenvalue weighted by Gasteiger charge is -2.28. The molecule has 0 radical (unpaired) electrons. The highest BCUT2D eigenvalue weighted by Crippen LogP contribution is 2.44. The van der Waals surface area contributed by atoms with Crippen LogP contribution in [0.4, 0.5) is 9.59 Å². The second-order valence-corrected chi connectivity index (χ2v) is 16.6. The van der Waals surface area contributed by atoms with Crippen molar-refractivity contribution in [1.82, 2.24) is 40.4 Å². The van der Waals surface area contributed by atoms with Crippen LogP contribution in [0.3, 0.4) is 0 Å². The fraction of sp³-hybridized carbons (Fsp3) is 0.280. The molecule has 4 amide bonds. The Labute approximate surface area is 379 Å². The molecule has 10 rings (SSSR count). The second-order valence-electron chi connectivity index (χ2n) is 16.6. The zero-order valence-corrected chi connectivity index (χ0v) is 36.4. The van der Waals surface area contributed by atoms with Crippen LogP contribution < -0.4 is 15.4 Å². The van der Waals surface area contributed by atoms with Crippen LogP contribution in [0, 0.1) is 0 Å². The second kappa shape index (κ2) is 17.9. The summed E-state index contributed by atoms with van der Waals surface area (Å²) in [6.07, 6.45) is 5.86. The number of nitrogens with zero attached hydrogens (tertiary/aromatic N) is 4. The molecule has 7 aromatic rings. The fourth-order valence-corrected chi connectivity index (χ4v) is 9.53. The Morgan fingerprint density at radius 1 is 0.697 bits per heavy atom. The molecule has 4 N–H and O–H groups in total. The van der Waals surface area contributed by atoms with Gasteiger partial charge in [0.05, 0.1) is 62.3 Å². The third-order valence-corrected chi connectivity index (χ3v) is 12.8. The van der Waals surface area contributed by atoms with Crippen molar-refractivity contribution in [1.29, 1.82) is 0 Å². The van der Waals surface area contributed by atoms with Gasteiger partial charge >= 0.3 is 12.2 Å². The normalized spacial score (nSPS) is 17.5. The molecule has 3 aliphatic rings. The van der Waals surface area contributed by atoms with Gasteiger partial charge in [0.25, 0.3) is 11.8 Å². The number of alkyl carbamates (subject to hydrolysis) is 2. The first kappa shape index (κ1) is 42.1. The lowest BCUT2D eigenvalue weighted by atomic mass is 10.0. The van der Waals surface area contributed by atoms with Crippen LogP contribution in [0.2, 0.25) is 0 Å². The molecule has 4 unspecified atom stereocenters. The number of ether oxygens (including phenoxy) is 3. The van der Waals surface area contributed by atoms with E-state index in [0.29, 0.717) is 54.6 Å². The molecular formula is C50H48N8O8. The molecule has 2 fully saturated rings. The number of hydrogen-bond acceptors (Lipinski definition) is 10. The van der Waals surface area contributed by atoms with Gasteiger partial charge < -0.3 is 49.0 Å². The Bertz CT molecular complexity index is 2930. The van der Waals surface area contributed by atoms with Gasteiger partial charge in [0.15, 0.2) is 0 Å². The number of H-pyrrole nitrogens is 2. The summed E-state index contributed by atoms with van der Waals surface area (Å²) in [5.74, 6) is 2.31. The number of carbonyl (C=O) groups excluding carboxylic acids is 4. The van der Waals surface area contributed by atoms with Crippen molar-refractivity contribution in [3.63, 3.8) is 0 Å². The molecule has 3 aliphatic heterocycles. The van der Waals surface area contributed by atoms with Gasteiger partial charge in [-0.15, -0.1) is 0 Å². The van der Waals surface area contributed by atoms with Gasteiger partial charge in [-0.25, -0.2) is 19.6 Å². The van der Waals surface area contributed by atoms with Crippen molar-refractivity contribution in [3.8, 4) is 39.6 Å². The number of nitrogens with one attached hydrogen (secondary N) is 4. The topological polar surface area (TPSA) is 197 Å². The van der Waals surface area contributed by atoms with Gasteiger partial charge in [0.2, 0.25) is 0 Å². The molecule has 16 heteroatoms. The Kier molecular flexibility index (Phi) is 11.4. The number of furan rings is 1. The van der Waals surface area contributed by atoms with Gasteiger partial charge in [0, 0.05) is 41.6 Å². The fourth-order valence-electron chi connectivity index (χ4n) is 9.53. The molecule has 2 saturated heterocycles. The van der Waals surface area contributed by atoms with Crippen molar-refractivity contribution in [2.75, 3.05) is 33.9 Å². The minimum absolute atomic E-state index is 0.229. The lowest BCUT2D eigenvalue weighted by Crippen LogP contribution is -2.42. The van der Waals surface area contributed by atoms with Crippen molar-refractivity contribution in [2.24, 2.45) is 0 Å². The van der Waals surface area contributed by atoms with Gasteiger partial charge in [-0.2, -0.15) is 0 Å². The Hall–Kier alpha value is -7.88. The summed E-state index contributed by atoms with van der Waals surface area (Å²) in [4.78, 5) is 72.8. The van der Waals surface area contributed by atoms with Crippen molar-refractivity contribution in [3.05, 3.63) is 138 Å². The highest BCUT2D eigenvalue weighted by Gasteiger charge is 2.39. The monoisotopic (exact) mass is 888 g/mol. The maximum Gasteiger partial charge on any atom is 0.407 e. The molecular weight excluding hydrogens is 841 g/mol. The summed E-state index contributed by atoms with van der Waals surface area (Å²) in [6, 6.07) is 28.0. The zero-order valence-electron chi connectivity index (χ0n) is 36.4. The number of methoxy groups -OCH3 is 2. The molecule has 336 valence electrons. The summed E-state index contributed by atoms with van der Waals surface area (Å²) < 4.78 is 22.6. The van der Waals surface area contributed by atoms with E-state index < -0.39 is 24.3 Å².